The highest BCUT2D eigenvalue weighted by Gasteiger charge is 2.14. The van der Waals surface area contributed by atoms with Crippen LogP contribution in [-0.2, 0) is 13.1 Å². The van der Waals surface area contributed by atoms with Crippen LogP contribution in [0.4, 0.5) is 0 Å². The monoisotopic (exact) mass is 315 g/mol. The number of benzene rings is 1. The number of hydrogen-bond donors (Lipinski definition) is 1. The van der Waals surface area contributed by atoms with Gasteiger partial charge in [0, 0.05) is 25.2 Å². The standard InChI is InChI=1S/C17H25N5O/c1-5-22(13(2)3)10-14-6-8-15(9-7-14)17(23)21(4)11-16-18-12-19-20-16/h6-9,12-13H,5,10-11H2,1-4H3,(H,18,19,20). The van der Waals surface area contributed by atoms with Gasteiger partial charge in [0.05, 0.1) is 6.54 Å². The van der Waals surface area contributed by atoms with Gasteiger partial charge in [-0.05, 0) is 38.1 Å². The Bertz CT molecular complexity index is 606. The van der Waals surface area contributed by atoms with Crippen molar-refractivity contribution in [1.29, 1.82) is 0 Å². The lowest BCUT2D eigenvalue weighted by molar-refractivity contribution is 0.0781. The molecule has 0 saturated carbocycles. The molecule has 1 aromatic carbocycles. The summed E-state index contributed by atoms with van der Waals surface area (Å²) in [7, 11) is 1.76. The molecule has 0 unspecified atom stereocenters. The van der Waals surface area contributed by atoms with Crippen LogP contribution >= 0.6 is 0 Å². The fourth-order valence-corrected chi connectivity index (χ4v) is 2.47. The Labute approximate surface area is 137 Å². The largest absolute Gasteiger partial charge is 0.334 e. The third kappa shape index (κ3) is 4.63. The van der Waals surface area contributed by atoms with Crippen molar-refractivity contribution >= 4 is 5.91 Å². The molecular formula is C17H25N5O. The topological polar surface area (TPSA) is 65.1 Å². The molecule has 0 atom stereocenters. The molecule has 0 spiro atoms. The first-order valence-corrected chi connectivity index (χ1v) is 7.94. The Morgan fingerprint density at radius 1 is 1.22 bits per heavy atom. The minimum atomic E-state index is -0.0239. The minimum Gasteiger partial charge on any atom is -0.334 e. The first kappa shape index (κ1) is 17.1. The summed E-state index contributed by atoms with van der Waals surface area (Å²) >= 11 is 0. The molecule has 1 aromatic heterocycles. The van der Waals surface area contributed by atoms with Crippen molar-refractivity contribution in [3.8, 4) is 0 Å². The van der Waals surface area contributed by atoms with Gasteiger partial charge in [0.2, 0.25) is 0 Å². The summed E-state index contributed by atoms with van der Waals surface area (Å²) < 4.78 is 0. The second-order valence-corrected chi connectivity index (χ2v) is 5.95. The maximum absolute atomic E-state index is 12.4. The lowest BCUT2D eigenvalue weighted by atomic mass is 10.1. The molecule has 0 aliphatic carbocycles. The molecule has 0 bridgehead atoms. The van der Waals surface area contributed by atoms with Gasteiger partial charge >= 0.3 is 0 Å². The third-order valence-electron chi connectivity index (χ3n) is 3.92. The van der Waals surface area contributed by atoms with Crippen LogP contribution in [0.2, 0.25) is 0 Å². The van der Waals surface area contributed by atoms with Crippen molar-refractivity contribution < 1.29 is 4.79 Å². The summed E-state index contributed by atoms with van der Waals surface area (Å²) in [6, 6.07) is 8.35. The predicted molar refractivity (Wildman–Crippen MR) is 89.8 cm³/mol. The van der Waals surface area contributed by atoms with Gasteiger partial charge in [0.1, 0.15) is 12.2 Å². The summed E-state index contributed by atoms with van der Waals surface area (Å²) in [5.74, 6) is 0.650. The number of amides is 1. The SMILES string of the molecule is CCN(Cc1ccc(C(=O)N(C)Cc2ncn[nH]2)cc1)C(C)C. The van der Waals surface area contributed by atoms with E-state index >= 15 is 0 Å². The number of nitrogens with zero attached hydrogens (tertiary/aromatic N) is 4. The van der Waals surface area contributed by atoms with E-state index in [0.29, 0.717) is 24.0 Å². The van der Waals surface area contributed by atoms with Gasteiger partial charge in [-0.3, -0.25) is 14.8 Å². The van der Waals surface area contributed by atoms with Crippen molar-refractivity contribution in [3.63, 3.8) is 0 Å². The molecule has 6 heteroatoms. The molecule has 0 saturated heterocycles. The molecule has 1 heterocycles. The van der Waals surface area contributed by atoms with Crippen molar-refractivity contribution in [3.05, 3.63) is 47.5 Å². The zero-order valence-electron chi connectivity index (χ0n) is 14.3. The molecular weight excluding hydrogens is 290 g/mol. The molecule has 0 radical (unpaired) electrons. The quantitative estimate of drug-likeness (QED) is 0.851. The Kier molecular flexibility index (Phi) is 5.87. The molecule has 1 amide bonds. The molecule has 2 rings (SSSR count). The van der Waals surface area contributed by atoms with E-state index in [2.05, 4.69) is 40.9 Å². The highest BCUT2D eigenvalue weighted by Crippen LogP contribution is 2.12. The van der Waals surface area contributed by atoms with Gasteiger partial charge in [-0.15, -0.1) is 0 Å². The lowest BCUT2D eigenvalue weighted by Gasteiger charge is -2.24. The van der Waals surface area contributed by atoms with Gasteiger partial charge in [-0.25, -0.2) is 4.98 Å². The smallest absolute Gasteiger partial charge is 0.254 e. The van der Waals surface area contributed by atoms with E-state index in [1.807, 2.05) is 24.3 Å². The van der Waals surface area contributed by atoms with Crippen LogP contribution in [0.15, 0.2) is 30.6 Å². The van der Waals surface area contributed by atoms with Crippen LogP contribution in [0.5, 0.6) is 0 Å². The second kappa shape index (κ2) is 7.87. The van der Waals surface area contributed by atoms with Gasteiger partial charge < -0.3 is 4.90 Å². The molecule has 0 aliphatic heterocycles. The highest BCUT2D eigenvalue weighted by atomic mass is 16.2. The summed E-state index contributed by atoms with van der Waals surface area (Å²) in [5, 5.41) is 6.55. The van der Waals surface area contributed by atoms with Crippen LogP contribution in [-0.4, -0.2) is 50.5 Å². The minimum absolute atomic E-state index is 0.0239. The van der Waals surface area contributed by atoms with E-state index in [9.17, 15) is 4.79 Å². The first-order chi connectivity index (χ1) is 11.0. The number of rotatable bonds is 7. The number of hydrogen-bond acceptors (Lipinski definition) is 4. The Morgan fingerprint density at radius 3 is 2.43 bits per heavy atom. The zero-order valence-corrected chi connectivity index (χ0v) is 14.3. The summed E-state index contributed by atoms with van der Waals surface area (Å²) in [4.78, 5) is 20.5. The summed E-state index contributed by atoms with van der Waals surface area (Å²) in [6.07, 6.45) is 1.44. The van der Waals surface area contributed by atoms with Gasteiger partial charge in [0.25, 0.3) is 5.91 Å². The van der Waals surface area contributed by atoms with Crippen LogP contribution < -0.4 is 0 Å². The Balaban J connectivity index is 1.99. The van der Waals surface area contributed by atoms with Crippen LogP contribution in [0.1, 0.15) is 42.5 Å². The van der Waals surface area contributed by atoms with E-state index in [0.717, 1.165) is 13.1 Å². The van der Waals surface area contributed by atoms with Crippen LogP contribution in [0.3, 0.4) is 0 Å². The molecule has 23 heavy (non-hydrogen) atoms. The Morgan fingerprint density at radius 2 is 1.91 bits per heavy atom. The molecule has 6 nitrogen and oxygen atoms in total. The second-order valence-electron chi connectivity index (χ2n) is 5.95. The highest BCUT2D eigenvalue weighted by molar-refractivity contribution is 5.94. The molecule has 0 fully saturated rings. The van der Waals surface area contributed by atoms with E-state index in [4.69, 9.17) is 0 Å². The average Bonchev–Trinajstić information content (AvgIpc) is 3.05. The number of nitrogens with one attached hydrogen (secondary N) is 1. The van der Waals surface area contributed by atoms with Gasteiger partial charge in [0.15, 0.2) is 0 Å². The molecule has 2 aromatic rings. The lowest BCUT2D eigenvalue weighted by Crippen LogP contribution is -2.30. The summed E-state index contributed by atoms with van der Waals surface area (Å²) in [5.41, 5.74) is 1.90. The Hall–Kier alpha value is -2.21. The van der Waals surface area contributed by atoms with Crippen molar-refractivity contribution in [2.45, 2.75) is 39.9 Å². The van der Waals surface area contributed by atoms with E-state index in [1.54, 1.807) is 11.9 Å². The molecule has 124 valence electrons. The van der Waals surface area contributed by atoms with E-state index in [-0.39, 0.29) is 5.91 Å². The maximum Gasteiger partial charge on any atom is 0.254 e. The van der Waals surface area contributed by atoms with Crippen LogP contribution in [0.25, 0.3) is 0 Å². The molecule has 0 aliphatic rings. The predicted octanol–water partition coefficient (Wildman–Crippen LogP) is 2.31. The number of aromatic amines is 1. The maximum atomic E-state index is 12.4. The van der Waals surface area contributed by atoms with Crippen LogP contribution in [0, 0.1) is 0 Å². The molecule has 1 N–H and O–H groups in total. The fourth-order valence-electron chi connectivity index (χ4n) is 2.47. The van der Waals surface area contributed by atoms with E-state index < -0.39 is 0 Å². The first-order valence-electron chi connectivity index (χ1n) is 7.94. The van der Waals surface area contributed by atoms with Gasteiger partial charge in [-0.2, -0.15) is 5.10 Å². The zero-order chi connectivity index (χ0) is 16.8. The van der Waals surface area contributed by atoms with Crippen molar-refractivity contribution in [2.75, 3.05) is 13.6 Å². The van der Waals surface area contributed by atoms with Crippen molar-refractivity contribution in [1.82, 2.24) is 25.0 Å². The number of carbonyl (C=O) groups is 1. The third-order valence-corrected chi connectivity index (χ3v) is 3.92. The fraction of sp³-hybridized carbons (Fsp3) is 0.471. The number of aromatic nitrogens is 3. The normalized spacial score (nSPS) is 11.2. The van der Waals surface area contributed by atoms with Gasteiger partial charge in [-0.1, -0.05) is 19.1 Å². The average molecular weight is 315 g/mol. The van der Waals surface area contributed by atoms with Crippen molar-refractivity contribution in [2.24, 2.45) is 0 Å². The number of H-pyrrole nitrogens is 1. The summed E-state index contributed by atoms with van der Waals surface area (Å²) in [6.45, 7) is 8.88. The van der Waals surface area contributed by atoms with E-state index in [1.165, 1.54) is 11.9 Å². The number of carbonyl (C=O) groups excluding carboxylic acids is 1.